The number of hydrogen-bond acceptors (Lipinski definition) is 5. The minimum atomic E-state index is -0.0577. The molecule has 3 rings (SSSR count). The van der Waals surface area contributed by atoms with Gasteiger partial charge in [-0.15, -0.1) is 0 Å². The van der Waals surface area contributed by atoms with E-state index in [2.05, 4.69) is 42.4 Å². The third kappa shape index (κ3) is 4.43. The third-order valence-corrected chi connectivity index (χ3v) is 5.57. The topological polar surface area (TPSA) is 81.2 Å². The summed E-state index contributed by atoms with van der Waals surface area (Å²) in [6, 6.07) is 0. The number of likely N-dealkylation sites (N-methyl/N-ethyl adjacent to an activating group) is 1. The zero-order chi connectivity index (χ0) is 21.5. The molecular weight excluding hydrogens is 368 g/mol. The molecule has 1 amide bonds. The highest BCUT2D eigenvalue weighted by Gasteiger charge is 2.37. The summed E-state index contributed by atoms with van der Waals surface area (Å²) in [5, 5.41) is 3.86. The van der Waals surface area contributed by atoms with Crippen molar-refractivity contribution in [3.63, 3.8) is 0 Å². The second-order valence-corrected chi connectivity index (χ2v) is 9.49. The van der Waals surface area contributed by atoms with E-state index in [1.807, 2.05) is 6.92 Å². The predicted molar refractivity (Wildman–Crippen MR) is 110 cm³/mol. The lowest BCUT2D eigenvalue weighted by atomic mass is 9.75. The summed E-state index contributed by atoms with van der Waals surface area (Å²) in [6.45, 7) is 13.5. The quantitative estimate of drug-likeness (QED) is 0.741. The summed E-state index contributed by atoms with van der Waals surface area (Å²) in [6.07, 6.45) is 1.58. The third-order valence-electron chi connectivity index (χ3n) is 5.57. The van der Waals surface area contributed by atoms with Gasteiger partial charge >= 0.3 is 0 Å². The standard InChI is InChI=1S/C22H32N4O3/c1-13(2)11-26-14(3)16(21-17(26)9-22(5,6)10-18(21)27)8-20(28)25(7)12-19-23-15(4)29-24-19/h13H,8-12H2,1-7H3. The molecule has 1 aliphatic rings. The molecule has 7 nitrogen and oxygen atoms in total. The number of ketones is 1. The molecule has 0 aromatic carbocycles. The molecule has 1 aliphatic carbocycles. The first-order valence-corrected chi connectivity index (χ1v) is 10.3. The maximum absolute atomic E-state index is 13.0. The van der Waals surface area contributed by atoms with E-state index in [0.29, 0.717) is 24.1 Å². The van der Waals surface area contributed by atoms with Gasteiger partial charge in [-0.3, -0.25) is 9.59 Å². The Hall–Kier alpha value is -2.44. The van der Waals surface area contributed by atoms with Crippen LogP contribution >= 0.6 is 0 Å². The van der Waals surface area contributed by atoms with E-state index in [-0.39, 0.29) is 30.1 Å². The average molecular weight is 401 g/mol. The van der Waals surface area contributed by atoms with Crippen molar-refractivity contribution < 1.29 is 14.1 Å². The molecular formula is C22H32N4O3. The number of amides is 1. The van der Waals surface area contributed by atoms with Crippen molar-refractivity contribution in [2.45, 2.75) is 73.9 Å². The number of aryl methyl sites for hydroxylation is 1. The van der Waals surface area contributed by atoms with Crippen molar-refractivity contribution in [1.29, 1.82) is 0 Å². The van der Waals surface area contributed by atoms with Gasteiger partial charge < -0.3 is 14.0 Å². The lowest BCUT2D eigenvalue weighted by Crippen LogP contribution is -2.30. The SMILES string of the molecule is Cc1nc(CN(C)C(=O)Cc2c3c(n(CC(C)C)c2C)CC(C)(C)CC3=O)no1. The van der Waals surface area contributed by atoms with Crippen molar-refractivity contribution in [3.05, 3.63) is 34.2 Å². The minimum Gasteiger partial charge on any atom is -0.348 e. The van der Waals surface area contributed by atoms with Crippen LogP contribution in [0.1, 0.15) is 73.1 Å². The van der Waals surface area contributed by atoms with Crippen LogP contribution in [0.15, 0.2) is 4.52 Å². The van der Waals surface area contributed by atoms with Gasteiger partial charge in [0.15, 0.2) is 11.6 Å². The van der Waals surface area contributed by atoms with Crippen LogP contribution < -0.4 is 0 Å². The van der Waals surface area contributed by atoms with E-state index >= 15 is 0 Å². The molecule has 0 unspecified atom stereocenters. The van der Waals surface area contributed by atoms with Crippen LogP contribution in [0.5, 0.6) is 0 Å². The summed E-state index contributed by atoms with van der Waals surface area (Å²) in [4.78, 5) is 31.7. The van der Waals surface area contributed by atoms with Gasteiger partial charge in [0.2, 0.25) is 11.8 Å². The molecule has 29 heavy (non-hydrogen) atoms. The Labute approximate surface area is 172 Å². The number of Topliss-reactive ketones (excluding diaryl/α,β-unsaturated/α-hetero) is 1. The molecule has 0 saturated heterocycles. The molecule has 2 aromatic rings. The summed E-state index contributed by atoms with van der Waals surface area (Å²) in [5.41, 5.74) is 3.73. The van der Waals surface area contributed by atoms with Crippen molar-refractivity contribution in [1.82, 2.24) is 19.6 Å². The second-order valence-electron chi connectivity index (χ2n) is 9.49. The summed E-state index contributed by atoms with van der Waals surface area (Å²) < 4.78 is 7.25. The Kier molecular flexibility index (Phi) is 5.70. The monoisotopic (exact) mass is 400 g/mol. The number of hydrogen-bond donors (Lipinski definition) is 0. The number of nitrogens with zero attached hydrogens (tertiary/aromatic N) is 4. The molecule has 158 valence electrons. The predicted octanol–water partition coefficient (Wildman–Crippen LogP) is 3.50. The minimum absolute atomic E-state index is 0.0574. The zero-order valence-electron chi connectivity index (χ0n) is 18.6. The fourth-order valence-electron chi connectivity index (χ4n) is 4.23. The van der Waals surface area contributed by atoms with Crippen LogP contribution in [0.25, 0.3) is 0 Å². The van der Waals surface area contributed by atoms with E-state index < -0.39 is 0 Å². The van der Waals surface area contributed by atoms with Gasteiger partial charge in [0.25, 0.3) is 0 Å². The van der Waals surface area contributed by atoms with Gasteiger partial charge in [0, 0.05) is 43.9 Å². The summed E-state index contributed by atoms with van der Waals surface area (Å²) in [7, 11) is 1.73. The highest BCUT2D eigenvalue weighted by molar-refractivity contribution is 6.01. The maximum Gasteiger partial charge on any atom is 0.227 e. The number of carbonyl (C=O) groups excluding carboxylic acids is 2. The number of aromatic nitrogens is 3. The molecule has 7 heteroatoms. The molecule has 2 heterocycles. The van der Waals surface area contributed by atoms with Gasteiger partial charge in [-0.25, -0.2) is 0 Å². The molecule has 0 aliphatic heterocycles. The molecule has 0 fully saturated rings. The number of rotatable bonds is 6. The zero-order valence-corrected chi connectivity index (χ0v) is 18.6. The number of carbonyl (C=O) groups is 2. The van der Waals surface area contributed by atoms with E-state index in [9.17, 15) is 9.59 Å². The Morgan fingerprint density at radius 1 is 1.28 bits per heavy atom. The van der Waals surface area contributed by atoms with Crippen molar-refractivity contribution in [2.24, 2.45) is 11.3 Å². The van der Waals surface area contributed by atoms with Crippen molar-refractivity contribution >= 4 is 11.7 Å². The lowest BCUT2D eigenvalue weighted by molar-refractivity contribution is -0.129. The Morgan fingerprint density at radius 2 is 1.97 bits per heavy atom. The highest BCUT2D eigenvalue weighted by atomic mass is 16.5. The van der Waals surface area contributed by atoms with Crippen LogP contribution in [-0.2, 0) is 30.7 Å². The molecule has 2 aromatic heterocycles. The van der Waals surface area contributed by atoms with Gasteiger partial charge in [-0.05, 0) is 30.2 Å². The molecule has 0 saturated carbocycles. The maximum atomic E-state index is 13.0. The van der Waals surface area contributed by atoms with Crippen molar-refractivity contribution in [2.75, 3.05) is 7.05 Å². The largest absolute Gasteiger partial charge is 0.348 e. The smallest absolute Gasteiger partial charge is 0.227 e. The van der Waals surface area contributed by atoms with Crippen LogP contribution in [0.4, 0.5) is 0 Å². The van der Waals surface area contributed by atoms with Crippen LogP contribution in [0, 0.1) is 25.2 Å². The fourth-order valence-corrected chi connectivity index (χ4v) is 4.23. The first-order valence-electron chi connectivity index (χ1n) is 10.3. The van der Waals surface area contributed by atoms with Crippen LogP contribution in [0.2, 0.25) is 0 Å². The molecule has 0 N–H and O–H groups in total. The first-order chi connectivity index (χ1) is 13.5. The van der Waals surface area contributed by atoms with E-state index in [0.717, 1.165) is 35.5 Å². The van der Waals surface area contributed by atoms with E-state index in [1.54, 1.807) is 18.9 Å². The van der Waals surface area contributed by atoms with Crippen LogP contribution in [-0.4, -0.2) is 38.3 Å². The molecule has 0 spiro atoms. The number of fused-ring (bicyclic) bond motifs is 1. The average Bonchev–Trinajstić information content (AvgIpc) is 3.10. The van der Waals surface area contributed by atoms with Gasteiger partial charge in [-0.1, -0.05) is 32.9 Å². The Balaban J connectivity index is 1.91. The van der Waals surface area contributed by atoms with E-state index in [4.69, 9.17) is 4.52 Å². The lowest BCUT2D eigenvalue weighted by Gasteiger charge is -2.30. The normalized spacial score (nSPS) is 15.7. The fraction of sp³-hybridized carbons (Fsp3) is 0.636. The first kappa shape index (κ1) is 21.3. The molecule has 0 radical (unpaired) electrons. The Bertz CT molecular complexity index is 936. The second kappa shape index (κ2) is 7.76. The Morgan fingerprint density at radius 3 is 2.55 bits per heavy atom. The summed E-state index contributed by atoms with van der Waals surface area (Å²) >= 11 is 0. The highest BCUT2D eigenvalue weighted by Crippen LogP contribution is 2.39. The van der Waals surface area contributed by atoms with Gasteiger partial charge in [-0.2, -0.15) is 4.98 Å². The molecule has 0 bridgehead atoms. The van der Waals surface area contributed by atoms with Crippen LogP contribution in [0.3, 0.4) is 0 Å². The summed E-state index contributed by atoms with van der Waals surface area (Å²) in [5.74, 6) is 1.51. The van der Waals surface area contributed by atoms with Crippen molar-refractivity contribution in [3.8, 4) is 0 Å². The molecule has 0 atom stereocenters. The van der Waals surface area contributed by atoms with E-state index in [1.165, 1.54) is 0 Å². The van der Waals surface area contributed by atoms with Gasteiger partial charge in [0.1, 0.15) is 0 Å². The van der Waals surface area contributed by atoms with Gasteiger partial charge in [0.05, 0.1) is 13.0 Å².